The van der Waals surface area contributed by atoms with Crippen molar-refractivity contribution >= 4 is 21.4 Å². The van der Waals surface area contributed by atoms with Crippen LogP contribution in [0, 0.1) is 10.1 Å². The van der Waals surface area contributed by atoms with E-state index in [2.05, 4.69) is 5.32 Å². The molecule has 1 fully saturated rings. The van der Waals surface area contributed by atoms with E-state index in [-0.39, 0.29) is 18.1 Å². The SMILES string of the molecule is O=C(NCCN1CCS(=O)(=O)CC1)c1cc([N+](=O)[O-])cc(C(F)(F)F)c1. The summed E-state index contributed by atoms with van der Waals surface area (Å²) >= 11 is 0. The first-order chi connectivity index (χ1) is 12.0. The molecule has 1 amide bonds. The van der Waals surface area contributed by atoms with Crippen LogP contribution in [0.5, 0.6) is 0 Å². The maximum absolute atomic E-state index is 12.8. The lowest BCUT2D eigenvalue weighted by atomic mass is 10.1. The fraction of sp³-hybridized carbons (Fsp3) is 0.500. The molecule has 2 rings (SSSR count). The van der Waals surface area contributed by atoms with Crippen LogP contribution in [0.25, 0.3) is 0 Å². The van der Waals surface area contributed by atoms with Crippen LogP contribution in [0.4, 0.5) is 18.9 Å². The molecule has 1 saturated heterocycles. The molecule has 1 aromatic carbocycles. The predicted molar refractivity (Wildman–Crippen MR) is 85.5 cm³/mol. The number of carbonyl (C=O) groups is 1. The first kappa shape index (κ1) is 20.1. The number of alkyl halides is 3. The highest BCUT2D eigenvalue weighted by Gasteiger charge is 2.33. The van der Waals surface area contributed by atoms with Crippen LogP contribution in [0.1, 0.15) is 15.9 Å². The molecule has 1 heterocycles. The number of nitro benzene ring substituents is 1. The molecule has 0 bridgehead atoms. The van der Waals surface area contributed by atoms with E-state index in [1.165, 1.54) is 0 Å². The molecule has 0 atom stereocenters. The van der Waals surface area contributed by atoms with Crippen LogP contribution in [0.15, 0.2) is 18.2 Å². The molecule has 0 saturated carbocycles. The zero-order valence-corrected chi connectivity index (χ0v) is 14.3. The Morgan fingerprint density at radius 1 is 1.23 bits per heavy atom. The highest BCUT2D eigenvalue weighted by molar-refractivity contribution is 7.91. The largest absolute Gasteiger partial charge is 0.416 e. The van der Waals surface area contributed by atoms with Gasteiger partial charge in [-0.1, -0.05) is 0 Å². The topological polar surface area (TPSA) is 110 Å². The Labute approximate surface area is 147 Å². The van der Waals surface area contributed by atoms with E-state index >= 15 is 0 Å². The number of amides is 1. The zero-order valence-electron chi connectivity index (χ0n) is 13.5. The van der Waals surface area contributed by atoms with Gasteiger partial charge < -0.3 is 5.32 Å². The Morgan fingerprint density at radius 2 is 1.85 bits per heavy atom. The minimum Gasteiger partial charge on any atom is -0.351 e. The molecule has 0 spiro atoms. The lowest BCUT2D eigenvalue weighted by Gasteiger charge is -2.26. The average Bonchev–Trinajstić information content (AvgIpc) is 2.55. The van der Waals surface area contributed by atoms with Crippen LogP contribution in [-0.2, 0) is 16.0 Å². The smallest absolute Gasteiger partial charge is 0.351 e. The summed E-state index contributed by atoms with van der Waals surface area (Å²) in [5.74, 6) is -0.842. The van der Waals surface area contributed by atoms with Crippen LogP contribution >= 0.6 is 0 Å². The standard InChI is InChI=1S/C14H16F3N3O5S/c15-14(16,17)11-7-10(8-12(9-11)20(22)23)13(21)18-1-2-19-3-5-26(24,25)6-4-19/h7-9H,1-6H2,(H,18,21). The Balaban J connectivity index is 2.00. The van der Waals surface area contributed by atoms with Gasteiger partial charge in [-0.3, -0.25) is 19.8 Å². The molecule has 1 aliphatic heterocycles. The van der Waals surface area contributed by atoms with Gasteiger partial charge in [0, 0.05) is 43.9 Å². The normalized spacial score (nSPS) is 17.7. The molecule has 1 aromatic rings. The van der Waals surface area contributed by atoms with Gasteiger partial charge in [0.05, 0.1) is 22.0 Å². The van der Waals surface area contributed by atoms with Crippen molar-refractivity contribution in [1.29, 1.82) is 0 Å². The number of nitro groups is 1. The first-order valence-corrected chi connectivity index (χ1v) is 9.38. The number of hydrogen-bond acceptors (Lipinski definition) is 6. The summed E-state index contributed by atoms with van der Waals surface area (Å²) in [6, 6.07) is 1.69. The fourth-order valence-electron chi connectivity index (χ4n) is 2.41. The lowest BCUT2D eigenvalue weighted by molar-refractivity contribution is -0.385. The predicted octanol–water partition coefficient (Wildman–Crippen LogP) is 1.07. The van der Waals surface area contributed by atoms with E-state index in [0.29, 0.717) is 31.8 Å². The molecule has 1 aliphatic rings. The Hall–Kier alpha value is -2.21. The molecule has 12 heteroatoms. The highest BCUT2D eigenvalue weighted by Crippen LogP contribution is 2.32. The van der Waals surface area contributed by atoms with Crippen molar-refractivity contribution in [2.75, 3.05) is 37.7 Å². The van der Waals surface area contributed by atoms with E-state index in [1.807, 2.05) is 0 Å². The first-order valence-electron chi connectivity index (χ1n) is 7.55. The highest BCUT2D eigenvalue weighted by atomic mass is 32.2. The quantitative estimate of drug-likeness (QED) is 0.590. The third-order valence-corrected chi connectivity index (χ3v) is 5.48. The van der Waals surface area contributed by atoms with Crippen molar-refractivity contribution in [3.8, 4) is 0 Å². The van der Waals surface area contributed by atoms with E-state index in [0.717, 1.165) is 6.07 Å². The second-order valence-electron chi connectivity index (χ2n) is 5.77. The number of halogens is 3. The van der Waals surface area contributed by atoms with Crippen molar-refractivity contribution in [3.63, 3.8) is 0 Å². The number of nitrogens with zero attached hydrogens (tertiary/aromatic N) is 2. The summed E-state index contributed by atoms with van der Waals surface area (Å²) in [4.78, 5) is 23.6. The summed E-state index contributed by atoms with van der Waals surface area (Å²) in [5.41, 5.74) is -2.57. The summed E-state index contributed by atoms with van der Waals surface area (Å²) in [6.45, 7) is 1.02. The maximum atomic E-state index is 12.8. The van der Waals surface area contributed by atoms with Gasteiger partial charge in [0.25, 0.3) is 11.6 Å². The molecule has 1 N–H and O–H groups in total. The molecule has 0 unspecified atom stereocenters. The molecule has 0 aliphatic carbocycles. The summed E-state index contributed by atoms with van der Waals surface area (Å²) in [5, 5.41) is 13.2. The third-order valence-electron chi connectivity index (χ3n) is 3.87. The number of nitrogens with one attached hydrogen (secondary N) is 1. The average molecular weight is 395 g/mol. The van der Waals surface area contributed by atoms with Gasteiger partial charge in [0.1, 0.15) is 0 Å². The van der Waals surface area contributed by atoms with Crippen molar-refractivity contribution < 1.29 is 31.3 Å². The van der Waals surface area contributed by atoms with E-state index < -0.39 is 43.7 Å². The lowest BCUT2D eigenvalue weighted by Crippen LogP contribution is -2.43. The van der Waals surface area contributed by atoms with Crippen molar-refractivity contribution in [2.24, 2.45) is 0 Å². The minimum atomic E-state index is -4.82. The van der Waals surface area contributed by atoms with Gasteiger partial charge in [-0.25, -0.2) is 8.42 Å². The van der Waals surface area contributed by atoms with Crippen molar-refractivity contribution in [2.45, 2.75) is 6.18 Å². The van der Waals surface area contributed by atoms with Crippen LogP contribution in [0.2, 0.25) is 0 Å². The number of hydrogen-bond donors (Lipinski definition) is 1. The second-order valence-corrected chi connectivity index (χ2v) is 8.08. The molecule has 144 valence electrons. The maximum Gasteiger partial charge on any atom is 0.416 e. The monoisotopic (exact) mass is 395 g/mol. The summed E-state index contributed by atoms with van der Waals surface area (Å²) in [6.07, 6.45) is -4.82. The number of rotatable bonds is 5. The second kappa shape index (κ2) is 7.58. The zero-order chi connectivity index (χ0) is 19.5. The van der Waals surface area contributed by atoms with Gasteiger partial charge >= 0.3 is 6.18 Å². The molecule has 0 aromatic heterocycles. The van der Waals surface area contributed by atoms with Gasteiger partial charge in [-0.2, -0.15) is 13.2 Å². The fourth-order valence-corrected chi connectivity index (χ4v) is 3.69. The summed E-state index contributed by atoms with van der Waals surface area (Å²) < 4.78 is 61.1. The van der Waals surface area contributed by atoms with E-state index in [1.54, 1.807) is 4.90 Å². The van der Waals surface area contributed by atoms with Gasteiger partial charge in [0.2, 0.25) is 0 Å². The van der Waals surface area contributed by atoms with Crippen molar-refractivity contribution in [3.05, 3.63) is 39.4 Å². The number of carbonyl (C=O) groups excluding carboxylic acids is 1. The van der Waals surface area contributed by atoms with Crippen LogP contribution in [-0.4, -0.2) is 61.8 Å². The van der Waals surface area contributed by atoms with E-state index in [4.69, 9.17) is 0 Å². The van der Waals surface area contributed by atoms with Crippen LogP contribution in [0.3, 0.4) is 0 Å². The Bertz CT molecular complexity index is 797. The Morgan fingerprint density at radius 3 is 2.38 bits per heavy atom. The molecular formula is C14H16F3N3O5S. The molecular weight excluding hydrogens is 379 g/mol. The minimum absolute atomic E-state index is 0.0147. The molecule has 0 radical (unpaired) electrons. The van der Waals surface area contributed by atoms with Gasteiger partial charge in [-0.05, 0) is 6.07 Å². The van der Waals surface area contributed by atoms with Gasteiger partial charge in [0.15, 0.2) is 9.84 Å². The third kappa shape index (κ3) is 5.39. The molecule has 26 heavy (non-hydrogen) atoms. The number of non-ortho nitro benzene ring substituents is 1. The number of sulfone groups is 1. The Kier molecular flexibility index (Phi) is 5.86. The van der Waals surface area contributed by atoms with Crippen molar-refractivity contribution in [1.82, 2.24) is 10.2 Å². The summed E-state index contributed by atoms with van der Waals surface area (Å²) in [7, 11) is -3.03. The number of benzene rings is 1. The van der Waals surface area contributed by atoms with Gasteiger partial charge in [-0.15, -0.1) is 0 Å². The molecule has 8 nitrogen and oxygen atoms in total. The van der Waals surface area contributed by atoms with E-state index in [9.17, 15) is 36.5 Å². The van der Waals surface area contributed by atoms with Crippen LogP contribution < -0.4 is 5.32 Å².